The number of aliphatic hydroxyl groups excluding tert-OH is 1. The van der Waals surface area contributed by atoms with E-state index in [1.165, 1.54) is 0 Å². The molecular weight excluding hydrogens is 496 g/mol. The maximum Gasteiger partial charge on any atom is 0.119 e. The third kappa shape index (κ3) is 26.0. The number of hydrogen-bond acceptors (Lipinski definition) is 10. The fraction of sp³-hybridized carbons (Fsp3) is 0.714. The average Bonchev–Trinajstić information content (AvgIpc) is 2.96. The maximum absolute atomic E-state index is 8.56. The van der Waals surface area contributed by atoms with Crippen LogP contribution in [0.15, 0.2) is 43.0 Å². The van der Waals surface area contributed by atoms with Gasteiger partial charge in [-0.15, -0.1) is 6.58 Å². The van der Waals surface area contributed by atoms with Crippen molar-refractivity contribution in [2.24, 2.45) is 0 Å². The topological polar surface area (TPSA) is 103 Å². The molecule has 0 aliphatic rings. The molecule has 0 spiro atoms. The monoisotopic (exact) mass is 546 g/mol. The van der Waals surface area contributed by atoms with Crippen LogP contribution >= 0.6 is 0 Å². The van der Waals surface area contributed by atoms with Gasteiger partial charge in [-0.1, -0.05) is 38.1 Å². The minimum atomic E-state index is -0.187. The first-order valence-corrected chi connectivity index (χ1v) is 13.4. The highest BCUT2D eigenvalue weighted by atomic mass is 16.6. The van der Waals surface area contributed by atoms with Crippen LogP contribution in [0.25, 0.3) is 0 Å². The minimum absolute atomic E-state index is 0.0273. The quantitative estimate of drug-likeness (QED) is 0.125. The van der Waals surface area contributed by atoms with Crippen LogP contribution in [-0.2, 0) is 37.9 Å². The Morgan fingerprint density at radius 2 is 0.974 bits per heavy atom. The number of benzene rings is 1. The molecule has 1 aromatic rings. The molecule has 0 aliphatic carbocycles. The third-order valence-corrected chi connectivity index (χ3v) is 4.45. The Bertz CT molecular complexity index is 576. The third-order valence-electron chi connectivity index (χ3n) is 4.45. The largest absolute Gasteiger partial charge is 0.491 e. The summed E-state index contributed by atoms with van der Waals surface area (Å²) in [7, 11) is 0. The van der Waals surface area contributed by atoms with Gasteiger partial charge in [-0.25, -0.2) is 0 Å². The number of para-hydroxylation sites is 1. The lowest BCUT2D eigenvalue weighted by molar-refractivity contribution is -0.0276. The van der Waals surface area contributed by atoms with Gasteiger partial charge in [0, 0.05) is 0 Å². The van der Waals surface area contributed by atoms with E-state index in [9.17, 15) is 0 Å². The molecule has 10 heteroatoms. The van der Waals surface area contributed by atoms with E-state index in [0.717, 1.165) is 5.75 Å². The van der Waals surface area contributed by atoms with Crippen LogP contribution in [0.2, 0.25) is 0 Å². The molecule has 0 radical (unpaired) electrons. The number of ether oxygens (including phenoxy) is 9. The zero-order valence-corrected chi connectivity index (χ0v) is 23.4. The Labute approximate surface area is 229 Å². The highest BCUT2D eigenvalue weighted by Crippen LogP contribution is 2.09. The molecule has 0 aliphatic heterocycles. The van der Waals surface area contributed by atoms with E-state index in [4.69, 9.17) is 47.7 Å². The second-order valence-corrected chi connectivity index (χ2v) is 7.28. The minimum Gasteiger partial charge on any atom is -0.491 e. The zero-order chi connectivity index (χ0) is 27.8. The zero-order valence-electron chi connectivity index (χ0n) is 23.4. The van der Waals surface area contributed by atoms with Gasteiger partial charge in [0.15, 0.2) is 0 Å². The van der Waals surface area contributed by atoms with Crippen molar-refractivity contribution in [3.05, 3.63) is 43.0 Å². The highest BCUT2D eigenvalue weighted by molar-refractivity contribution is 5.21. The summed E-state index contributed by atoms with van der Waals surface area (Å²) in [6.45, 7) is 15.5. The summed E-state index contributed by atoms with van der Waals surface area (Å²) in [4.78, 5) is 0. The SMILES string of the molecule is C=CC(COc1ccccc1)OCCOCCOCCOCCOCCOCCOCCOCCO.CC. The van der Waals surface area contributed by atoms with Gasteiger partial charge in [-0.2, -0.15) is 0 Å². The maximum atomic E-state index is 8.56. The molecule has 1 atom stereocenters. The van der Waals surface area contributed by atoms with Crippen molar-refractivity contribution < 1.29 is 47.7 Å². The van der Waals surface area contributed by atoms with Crippen molar-refractivity contribution in [1.82, 2.24) is 0 Å². The summed E-state index contributed by atoms with van der Waals surface area (Å²) < 4.78 is 49.0. The van der Waals surface area contributed by atoms with E-state index in [-0.39, 0.29) is 12.7 Å². The van der Waals surface area contributed by atoms with Gasteiger partial charge in [-0.3, -0.25) is 0 Å². The summed E-state index contributed by atoms with van der Waals surface area (Å²) in [5.41, 5.74) is 0. The molecule has 0 heterocycles. The van der Waals surface area contributed by atoms with Crippen LogP contribution in [0.1, 0.15) is 13.8 Å². The Morgan fingerprint density at radius 1 is 0.605 bits per heavy atom. The average molecular weight is 547 g/mol. The van der Waals surface area contributed by atoms with Crippen molar-refractivity contribution in [1.29, 1.82) is 0 Å². The van der Waals surface area contributed by atoms with Gasteiger partial charge >= 0.3 is 0 Å². The molecule has 0 saturated heterocycles. The predicted octanol–water partition coefficient (Wildman–Crippen LogP) is 2.77. The lowest BCUT2D eigenvalue weighted by atomic mass is 10.3. The second kappa shape index (κ2) is 31.6. The lowest BCUT2D eigenvalue weighted by Crippen LogP contribution is -2.22. The smallest absolute Gasteiger partial charge is 0.119 e. The van der Waals surface area contributed by atoms with Crippen LogP contribution in [0, 0.1) is 0 Å². The molecule has 0 amide bonds. The van der Waals surface area contributed by atoms with Crippen molar-refractivity contribution in [2.75, 3.05) is 112 Å². The summed E-state index contributed by atoms with van der Waals surface area (Å²) in [6, 6.07) is 9.60. The van der Waals surface area contributed by atoms with Crippen molar-refractivity contribution in [2.45, 2.75) is 20.0 Å². The fourth-order valence-electron chi connectivity index (χ4n) is 2.62. The van der Waals surface area contributed by atoms with Crippen LogP contribution in [0.4, 0.5) is 0 Å². The first-order chi connectivity index (χ1) is 18.9. The van der Waals surface area contributed by atoms with Crippen molar-refractivity contribution >= 4 is 0 Å². The van der Waals surface area contributed by atoms with Gasteiger partial charge in [0.25, 0.3) is 0 Å². The number of rotatable bonds is 28. The van der Waals surface area contributed by atoms with Gasteiger partial charge in [0.1, 0.15) is 18.5 Å². The van der Waals surface area contributed by atoms with Gasteiger partial charge < -0.3 is 47.7 Å². The Morgan fingerprint density at radius 3 is 1.34 bits per heavy atom. The fourth-order valence-corrected chi connectivity index (χ4v) is 2.62. The van der Waals surface area contributed by atoms with E-state index in [1.807, 2.05) is 44.2 Å². The molecule has 1 N–H and O–H groups in total. The van der Waals surface area contributed by atoms with Gasteiger partial charge in [0.2, 0.25) is 0 Å². The van der Waals surface area contributed by atoms with Crippen LogP contribution in [-0.4, -0.2) is 124 Å². The molecule has 0 saturated carbocycles. The van der Waals surface area contributed by atoms with E-state index in [1.54, 1.807) is 6.08 Å². The highest BCUT2D eigenvalue weighted by Gasteiger charge is 2.05. The summed E-state index contributed by atoms with van der Waals surface area (Å²) in [6.07, 6.45) is 1.54. The predicted molar refractivity (Wildman–Crippen MR) is 146 cm³/mol. The molecule has 10 nitrogen and oxygen atoms in total. The first kappa shape index (κ1) is 36.4. The lowest BCUT2D eigenvalue weighted by Gasteiger charge is -2.15. The van der Waals surface area contributed by atoms with Crippen molar-refractivity contribution in [3.63, 3.8) is 0 Å². The molecule has 1 unspecified atom stereocenters. The van der Waals surface area contributed by atoms with Crippen molar-refractivity contribution in [3.8, 4) is 5.75 Å². The molecule has 222 valence electrons. The van der Waals surface area contributed by atoms with E-state index in [0.29, 0.717) is 106 Å². The van der Waals surface area contributed by atoms with E-state index < -0.39 is 0 Å². The molecule has 1 aromatic carbocycles. The van der Waals surface area contributed by atoms with Crippen LogP contribution in [0.3, 0.4) is 0 Å². The summed E-state index contributed by atoms with van der Waals surface area (Å²) >= 11 is 0. The Balaban J connectivity index is 0.00000667. The molecule has 38 heavy (non-hydrogen) atoms. The number of hydrogen-bond donors (Lipinski definition) is 1. The van der Waals surface area contributed by atoms with Gasteiger partial charge in [0.05, 0.1) is 106 Å². The van der Waals surface area contributed by atoms with Gasteiger partial charge in [-0.05, 0) is 12.1 Å². The molecule has 0 aromatic heterocycles. The molecular formula is C28H50O10. The van der Waals surface area contributed by atoms with Crippen LogP contribution < -0.4 is 4.74 Å². The number of aliphatic hydroxyl groups is 1. The van der Waals surface area contributed by atoms with Crippen LogP contribution in [0.5, 0.6) is 5.75 Å². The standard InChI is InChI=1S/C26H44O10.C2H6/c1-2-25(24-36-26-6-4-3-5-7-26)35-23-22-34-21-20-33-19-18-32-17-16-31-15-14-30-13-12-29-11-10-28-9-8-27;1-2/h2-7,25,27H,1,8-24H2;1-2H3. The molecule has 0 bridgehead atoms. The summed E-state index contributed by atoms with van der Waals surface area (Å²) in [5.74, 6) is 0.805. The molecule has 1 rings (SSSR count). The second-order valence-electron chi connectivity index (χ2n) is 7.28. The summed E-state index contributed by atoms with van der Waals surface area (Å²) in [5, 5.41) is 8.56. The van der Waals surface area contributed by atoms with E-state index >= 15 is 0 Å². The Hall–Kier alpha value is -1.60. The normalized spacial score (nSPS) is 11.6. The first-order valence-electron chi connectivity index (χ1n) is 13.4. The molecule has 0 fully saturated rings. The Kier molecular flexibility index (Phi) is 30.3. The van der Waals surface area contributed by atoms with E-state index in [2.05, 4.69) is 6.58 Å².